The maximum Gasteiger partial charge on any atom is 0.0731 e. The zero-order valence-corrected chi connectivity index (χ0v) is 14.6. The van der Waals surface area contributed by atoms with Gasteiger partial charge in [0.1, 0.15) is 0 Å². The molecular weight excluding hydrogens is 318 g/mol. The summed E-state index contributed by atoms with van der Waals surface area (Å²) < 4.78 is 1.30. The molecule has 1 atom stereocenters. The summed E-state index contributed by atoms with van der Waals surface area (Å²) in [5, 5.41) is 3.76. The van der Waals surface area contributed by atoms with E-state index in [1.165, 1.54) is 59.2 Å². The zero-order valence-electron chi connectivity index (χ0n) is 12.2. The van der Waals surface area contributed by atoms with E-state index in [0.717, 1.165) is 12.5 Å². The Balaban J connectivity index is 2.01. The summed E-state index contributed by atoms with van der Waals surface area (Å²) in [5.74, 6) is 0.935. The van der Waals surface area contributed by atoms with E-state index >= 15 is 0 Å². The van der Waals surface area contributed by atoms with Crippen molar-refractivity contribution >= 4 is 27.3 Å². The molecule has 1 aromatic rings. The summed E-state index contributed by atoms with van der Waals surface area (Å²) >= 11 is 5.58. The van der Waals surface area contributed by atoms with Gasteiger partial charge in [-0.1, -0.05) is 39.0 Å². The molecule has 0 radical (unpaired) electrons. The fraction of sp³-hybridized carbons (Fsp3) is 0.750. The van der Waals surface area contributed by atoms with Crippen LogP contribution in [0.2, 0.25) is 0 Å². The quantitative estimate of drug-likeness (QED) is 0.684. The first kappa shape index (κ1) is 15.5. The molecule has 1 heterocycles. The van der Waals surface area contributed by atoms with E-state index in [1.807, 2.05) is 11.3 Å². The molecule has 3 heteroatoms. The largest absolute Gasteiger partial charge is 0.309 e. The second-order valence-corrected chi connectivity index (χ2v) is 8.25. The highest BCUT2D eigenvalue weighted by Gasteiger charge is 2.21. The molecule has 0 bridgehead atoms. The van der Waals surface area contributed by atoms with Crippen LogP contribution in [0.1, 0.15) is 68.4 Å². The fourth-order valence-electron chi connectivity index (χ4n) is 3.03. The monoisotopic (exact) mass is 343 g/mol. The average Bonchev–Trinajstić information content (AvgIpc) is 2.76. The van der Waals surface area contributed by atoms with E-state index in [0.29, 0.717) is 6.04 Å². The van der Waals surface area contributed by atoms with Crippen LogP contribution in [-0.2, 0) is 0 Å². The predicted octanol–water partition coefficient (Wildman–Crippen LogP) is 5.83. The van der Waals surface area contributed by atoms with Gasteiger partial charge in [-0.25, -0.2) is 0 Å². The molecule has 2 rings (SSSR count). The van der Waals surface area contributed by atoms with Gasteiger partial charge in [0.25, 0.3) is 0 Å². The Bertz CT molecular complexity index is 363. The number of hydrogen-bond donors (Lipinski definition) is 1. The Morgan fingerprint density at radius 3 is 2.68 bits per heavy atom. The van der Waals surface area contributed by atoms with Crippen molar-refractivity contribution in [2.75, 3.05) is 6.54 Å². The van der Waals surface area contributed by atoms with Crippen molar-refractivity contribution in [1.82, 2.24) is 5.32 Å². The van der Waals surface area contributed by atoms with Gasteiger partial charge in [-0.2, -0.15) is 0 Å². The molecule has 1 nitrogen and oxygen atoms in total. The Labute approximate surface area is 130 Å². The molecule has 1 aliphatic rings. The fourth-order valence-corrected chi connectivity index (χ4v) is 4.69. The van der Waals surface area contributed by atoms with Gasteiger partial charge in [0, 0.05) is 10.9 Å². The van der Waals surface area contributed by atoms with Crippen molar-refractivity contribution in [2.24, 2.45) is 5.92 Å². The predicted molar refractivity (Wildman–Crippen MR) is 89.0 cm³/mol. The van der Waals surface area contributed by atoms with E-state index in [2.05, 4.69) is 41.2 Å². The van der Waals surface area contributed by atoms with Gasteiger partial charge in [-0.3, -0.25) is 0 Å². The second kappa shape index (κ2) is 7.80. The lowest BCUT2D eigenvalue weighted by Crippen LogP contribution is -2.24. The average molecular weight is 344 g/mol. The van der Waals surface area contributed by atoms with Gasteiger partial charge in [-0.15, -0.1) is 11.3 Å². The van der Waals surface area contributed by atoms with E-state index < -0.39 is 0 Å². The molecule has 19 heavy (non-hydrogen) atoms. The van der Waals surface area contributed by atoms with E-state index in [4.69, 9.17) is 0 Å². The van der Waals surface area contributed by atoms with Crippen molar-refractivity contribution < 1.29 is 0 Å². The first-order chi connectivity index (χ1) is 9.20. The van der Waals surface area contributed by atoms with Crippen LogP contribution in [0.3, 0.4) is 0 Å². The van der Waals surface area contributed by atoms with Crippen molar-refractivity contribution in [3.8, 4) is 0 Å². The van der Waals surface area contributed by atoms with Crippen LogP contribution in [0.4, 0.5) is 0 Å². The van der Waals surface area contributed by atoms with Gasteiger partial charge < -0.3 is 5.32 Å². The highest BCUT2D eigenvalue weighted by Crippen LogP contribution is 2.37. The standard InChI is InChI=1S/C16H26BrNS/c1-3-9-18-14(11-13-7-5-4-6-8-13)15-10-12(2)16(17)19-15/h10,13-14,18H,3-9,11H2,1-2H3. The minimum atomic E-state index is 0.568. The van der Waals surface area contributed by atoms with Crippen LogP contribution in [0.5, 0.6) is 0 Å². The summed E-state index contributed by atoms with van der Waals surface area (Å²) in [4.78, 5) is 1.52. The summed E-state index contributed by atoms with van der Waals surface area (Å²) in [6, 6.07) is 2.93. The lowest BCUT2D eigenvalue weighted by molar-refractivity contribution is 0.301. The molecule has 1 N–H and O–H groups in total. The minimum absolute atomic E-state index is 0.568. The molecule has 0 amide bonds. The van der Waals surface area contributed by atoms with Crippen molar-refractivity contribution in [1.29, 1.82) is 0 Å². The third-order valence-electron chi connectivity index (χ3n) is 4.15. The molecule has 1 aromatic heterocycles. The number of halogens is 1. The van der Waals surface area contributed by atoms with E-state index in [9.17, 15) is 0 Å². The van der Waals surface area contributed by atoms with Crippen LogP contribution in [-0.4, -0.2) is 6.54 Å². The van der Waals surface area contributed by atoms with Crippen LogP contribution in [0.25, 0.3) is 0 Å². The van der Waals surface area contributed by atoms with Gasteiger partial charge in [0.05, 0.1) is 3.79 Å². The molecule has 108 valence electrons. The van der Waals surface area contributed by atoms with Gasteiger partial charge in [0.15, 0.2) is 0 Å². The Kier molecular flexibility index (Phi) is 6.37. The molecule has 0 spiro atoms. The zero-order chi connectivity index (χ0) is 13.7. The maximum absolute atomic E-state index is 3.76. The number of aryl methyl sites for hydroxylation is 1. The highest BCUT2D eigenvalue weighted by atomic mass is 79.9. The maximum atomic E-state index is 3.76. The summed E-state index contributed by atoms with van der Waals surface area (Å²) in [6.07, 6.45) is 9.76. The van der Waals surface area contributed by atoms with Gasteiger partial charge in [-0.05, 0) is 59.8 Å². The highest BCUT2D eigenvalue weighted by molar-refractivity contribution is 9.11. The minimum Gasteiger partial charge on any atom is -0.309 e. The van der Waals surface area contributed by atoms with E-state index in [1.54, 1.807) is 0 Å². The number of hydrogen-bond acceptors (Lipinski definition) is 2. The van der Waals surface area contributed by atoms with Gasteiger partial charge >= 0.3 is 0 Å². The molecule has 0 aromatic carbocycles. The summed E-state index contributed by atoms with van der Waals surface area (Å²) in [5.41, 5.74) is 1.38. The van der Waals surface area contributed by atoms with Crippen molar-refractivity contribution in [2.45, 2.75) is 64.8 Å². The molecule has 1 saturated carbocycles. The lowest BCUT2D eigenvalue weighted by Gasteiger charge is -2.26. The summed E-state index contributed by atoms with van der Waals surface area (Å²) in [6.45, 7) is 5.58. The van der Waals surface area contributed by atoms with Crippen LogP contribution in [0.15, 0.2) is 9.85 Å². The topological polar surface area (TPSA) is 12.0 Å². The Morgan fingerprint density at radius 1 is 1.37 bits per heavy atom. The normalized spacial score (nSPS) is 18.7. The van der Waals surface area contributed by atoms with Crippen molar-refractivity contribution in [3.05, 3.63) is 20.3 Å². The van der Waals surface area contributed by atoms with E-state index in [-0.39, 0.29) is 0 Å². The smallest absolute Gasteiger partial charge is 0.0731 e. The SMILES string of the molecule is CCCNC(CC1CCCCC1)c1cc(C)c(Br)s1. The molecule has 1 unspecified atom stereocenters. The molecule has 1 fully saturated rings. The number of thiophene rings is 1. The number of nitrogens with one attached hydrogen (secondary N) is 1. The molecule has 1 aliphatic carbocycles. The first-order valence-electron chi connectivity index (χ1n) is 7.70. The third kappa shape index (κ3) is 4.57. The number of rotatable bonds is 6. The van der Waals surface area contributed by atoms with Crippen LogP contribution in [0, 0.1) is 12.8 Å². The van der Waals surface area contributed by atoms with Crippen LogP contribution >= 0.6 is 27.3 Å². The Hall–Kier alpha value is 0.140. The third-order valence-corrected chi connectivity index (χ3v) is 6.40. The first-order valence-corrected chi connectivity index (χ1v) is 9.31. The lowest BCUT2D eigenvalue weighted by atomic mass is 9.84. The van der Waals surface area contributed by atoms with Crippen LogP contribution < -0.4 is 5.32 Å². The van der Waals surface area contributed by atoms with Gasteiger partial charge in [0.2, 0.25) is 0 Å². The molecular formula is C16H26BrNS. The summed E-state index contributed by atoms with van der Waals surface area (Å²) in [7, 11) is 0. The second-order valence-electron chi connectivity index (χ2n) is 5.85. The molecule has 0 aliphatic heterocycles. The van der Waals surface area contributed by atoms with Crippen molar-refractivity contribution in [3.63, 3.8) is 0 Å². The Morgan fingerprint density at radius 2 is 2.11 bits per heavy atom. The molecule has 0 saturated heterocycles.